The lowest BCUT2D eigenvalue weighted by Gasteiger charge is -2.36. The first-order valence-electron chi connectivity index (χ1n) is 7.70. The quantitative estimate of drug-likeness (QED) is 0.898. The van der Waals surface area contributed by atoms with E-state index in [4.69, 9.17) is 4.74 Å². The normalized spacial score (nSPS) is 24.7. The van der Waals surface area contributed by atoms with Crippen LogP contribution in [0.1, 0.15) is 45.7 Å². The van der Waals surface area contributed by atoms with E-state index in [-0.39, 0.29) is 12.2 Å². The van der Waals surface area contributed by atoms with Gasteiger partial charge in [0.2, 0.25) is 0 Å². The Morgan fingerprint density at radius 1 is 1.40 bits per heavy atom. The van der Waals surface area contributed by atoms with Crippen LogP contribution in [-0.4, -0.2) is 36.8 Å². The highest BCUT2D eigenvalue weighted by Gasteiger charge is 2.23. The zero-order chi connectivity index (χ0) is 14.5. The smallest absolute Gasteiger partial charge is 0.128 e. The fourth-order valence-corrected chi connectivity index (χ4v) is 2.72. The number of hydrogen-bond acceptors (Lipinski definition) is 4. The maximum atomic E-state index is 5.79. The Kier molecular flexibility index (Phi) is 5.38. The lowest BCUT2D eigenvalue weighted by Crippen LogP contribution is -2.45. The van der Waals surface area contributed by atoms with Gasteiger partial charge in [-0.3, -0.25) is 0 Å². The summed E-state index contributed by atoms with van der Waals surface area (Å²) in [7, 11) is 0. The van der Waals surface area contributed by atoms with Crippen molar-refractivity contribution in [3.05, 3.63) is 23.9 Å². The summed E-state index contributed by atoms with van der Waals surface area (Å²) in [6, 6.07) is 4.68. The lowest BCUT2D eigenvalue weighted by atomic mass is 10.1. The molecule has 20 heavy (non-hydrogen) atoms. The molecule has 1 N–H and O–H groups in total. The van der Waals surface area contributed by atoms with Crippen molar-refractivity contribution in [3.63, 3.8) is 0 Å². The number of anilines is 1. The maximum absolute atomic E-state index is 5.79. The second-order valence-corrected chi connectivity index (χ2v) is 5.79. The summed E-state index contributed by atoms with van der Waals surface area (Å²) >= 11 is 0. The predicted octanol–water partition coefficient (Wildman–Crippen LogP) is 2.76. The third kappa shape index (κ3) is 3.93. The molecule has 1 aromatic rings. The molecule has 0 saturated carbocycles. The predicted molar refractivity (Wildman–Crippen MR) is 83.2 cm³/mol. The number of aromatic nitrogens is 1. The van der Waals surface area contributed by atoms with Gasteiger partial charge >= 0.3 is 0 Å². The van der Waals surface area contributed by atoms with Crippen molar-refractivity contribution in [2.75, 3.05) is 24.5 Å². The molecule has 1 unspecified atom stereocenters. The summed E-state index contributed by atoms with van der Waals surface area (Å²) in [5, 5.41) is 3.53. The molecule has 0 aliphatic carbocycles. The second kappa shape index (κ2) is 7.04. The molecule has 0 aromatic carbocycles. The van der Waals surface area contributed by atoms with E-state index in [0.29, 0.717) is 6.04 Å². The van der Waals surface area contributed by atoms with Gasteiger partial charge in [-0.05, 0) is 51.4 Å². The van der Waals surface area contributed by atoms with Gasteiger partial charge < -0.3 is 15.0 Å². The van der Waals surface area contributed by atoms with E-state index in [9.17, 15) is 0 Å². The molecule has 4 nitrogen and oxygen atoms in total. The Morgan fingerprint density at radius 2 is 2.10 bits per heavy atom. The van der Waals surface area contributed by atoms with Gasteiger partial charge in [-0.2, -0.15) is 0 Å². The Labute approximate surface area is 122 Å². The van der Waals surface area contributed by atoms with Gasteiger partial charge in [0, 0.05) is 25.3 Å². The van der Waals surface area contributed by atoms with Crippen molar-refractivity contribution >= 4 is 5.82 Å². The molecular weight excluding hydrogens is 250 g/mol. The van der Waals surface area contributed by atoms with Crippen LogP contribution in [0.15, 0.2) is 18.3 Å². The van der Waals surface area contributed by atoms with Crippen LogP contribution in [0.4, 0.5) is 5.82 Å². The summed E-state index contributed by atoms with van der Waals surface area (Å²) in [5.41, 5.74) is 1.30. The number of hydrogen-bond donors (Lipinski definition) is 1. The number of ether oxygens (including phenoxy) is 1. The highest BCUT2D eigenvalue weighted by atomic mass is 16.5. The molecule has 1 aromatic heterocycles. The van der Waals surface area contributed by atoms with Crippen molar-refractivity contribution in [3.8, 4) is 0 Å². The molecule has 112 valence electrons. The maximum Gasteiger partial charge on any atom is 0.128 e. The van der Waals surface area contributed by atoms with Crippen molar-refractivity contribution in [2.24, 2.45) is 0 Å². The fourth-order valence-electron chi connectivity index (χ4n) is 2.72. The monoisotopic (exact) mass is 277 g/mol. The van der Waals surface area contributed by atoms with E-state index in [2.05, 4.69) is 55.0 Å². The topological polar surface area (TPSA) is 37.4 Å². The molecule has 0 bridgehead atoms. The van der Waals surface area contributed by atoms with E-state index in [1.54, 1.807) is 0 Å². The third-order valence-electron chi connectivity index (χ3n) is 3.71. The Balaban J connectivity index is 2.08. The molecule has 2 heterocycles. The van der Waals surface area contributed by atoms with Crippen LogP contribution < -0.4 is 10.2 Å². The number of pyridine rings is 1. The minimum absolute atomic E-state index is 0.264. The molecular formula is C16H27N3O. The molecule has 0 radical (unpaired) electrons. The molecule has 3 atom stereocenters. The van der Waals surface area contributed by atoms with Crippen LogP contribution in [-0.2, 0) is 4.74 Å². The zero-order valence-electron chi connectivity index (χ0n) is 13.1. The minimum atomic E-state index is 0.264. The molecule has 0 amide bonds. The van der Waals surface area contributed by atoms with Crippen molar-refractivity contribution in [1.82, 2.24) is 10.3 Å². The Morgan fingerprint density at radius 3 is 2.75 bits per heavy atom. The van der Waals surface area contributed by atoms with Crippen LogP contribution in [0.25, 0.3) is 0 Å². The number of nitrogens with one attached hydrogen (secondary N) is 1. The molecule has 4 heteroatoms. The standard InChI is InChI=1S/C16H27N3O/c1-5-7-17-14(4)15-6-8-18-16(9-15)19-10-12(2)20-13(3)11-19/h6,8-9,12-14,17H,5,7,10-11H2,1-4H3/t12-,13+,14?. The van der Waals surface area contributed by atoms with Crippen LogP contribution in [0.2, 0.25) is 0 Å². The van der Waals surface area contributed by atoms with Gasteiger partial charge in [-0.25, -0.2) is 4.98 Å². The van der Waals surface area contributed by atoms with Crippen molar-refractivity contribution in [2.45, 2.75) is 52.4 Å². The highest BCUT2D eigenvalue weighted by molar-refractivity contribution is 5.42. The number of morpholine rings is 1. The van der Waals surface area contributed by atoms with Crippen molar-refractivity contribution < 1.29 is 4.74 Å². The third-order valence-corrected chi connectivity index (χ3v) is 3.71. The summed E-state index contributed by atoms with van der Waals surface area (Å²) in [6.07, 6.45) is 3.60. The number of nitrogens with zero attached hydrogens (tertiary/aromatic N) is 2. The molecule has 0 spiro atoms. The van der Waals surface area contributed by atoms with Crippen molar-refractivity contribution in [1.29, 1.82) is 0 Å². The molecule has 1 saturated heterocycles. The van der Waals surface area contributed by atoms with E-state index in [0.717, 1.165) is 31.9 Å². The largest absolute Gasteiger partial charge is 0.372 e. The van der Waals surface area contributed by atoms with E-state index >= 15 is 0 Å². The first-order valence-corrected chi connectivity index (χ1v) is 7.70. The summed E-state index contributed by atoms with van der Waals surface area (Å²) in [6.45, 7) is 11.5. The first-order chi connectivity index (χ1) is 9.60. The fraction of sp³-hybridized carbons (Fsp3) is 0.688. The Bertz CT molecular complexity index is 414. The van der Waals surface area contributed by atoms with E-state index in [1.165, 1.54) is 5.56 Å². The minimum Gasteiger partial charge on any atom is -0.372 e. The average Bonchev–Trinajstić information content (AvgIpc) is 2.44. The van der Waals surface area contributed by atoms with E-state index in [1.807, 2.05) is 6.20 Å². The molecule has 2 rings (SSSR count). The zero-order valence-corrected chi connectivity index (χ0v) is 13.1. The van der Waals surface area contributed by atoms with Crippen LogP contribution in [0.3, 0.4) is 0 Å². The highest BCUT2D eigenvalue weighted by Crippen LogP contribution is 2.21. The van der Waals surface area contributed by atoms with Crippen LogP contribution >= 0.6 is 0 Å². The van der Waals surface area contributed by atoms with Gasteiger partial charge in [0.05, 0.1) is 12.2 Å². The van der Waals surface area contributed by atoms with Gasteiger partial charge in [0.15, 0.2) is 0 Å². The van der Waals surface area contributed by atoms with Gasteiger partial charge in [0.1, 0.15) is 5.82 Å². The van der Waals surface area contributed by atoms with E-state index < -0.39 is 0 Å². The summed E-state index contributed by atoms with van der Waals surface area (Å²) < 4.78 is 5.79. The SMILES string of the molecule is CCCNC(C)c1ccnc(N2C[C@@H](C)O[C@@H](C)C2)c1. The first kappa shape index (κ1) is 15.3. The Hall–Kier alpha value is -1.13. The van der Waals surface area contributed by atoms with Crippen LogP contribution in [0, 0.1) is 0 Å². The molecule has 1 aliphatic heterocycles. The molecule has 1 fully saturated rings. The number of rotatable bonds is 5. The average molecular weight is 277 g/mol. The summed E-state index contributed by atoms with van der Waals surface area (Å²) in [5.74, 6) is 1.06. The molecule has 1 aliphatic rings. The van der Waals surface area contributed by atoms with Gasteiger partial charge in [0.25, 0.3) is 0 Å². The van der Waals surface area contributed by atoms with Gasteiger partial charge in [-0.1, -0.05) is 6.92 Å². The summed E-state index contributed by atoms with van der Waals surface area (Å²) in [4.78, 5) is 6.87. The van der Waals surface area contributed by atoms with Gasteiger partial charge in [-0.15, -0.1) is 0 Å². The van der Waals surface area contributed by atoms with Crippen LogP contribution in [0.5, 0.6) is 0 Å². The lowest BCUT2D eigenvalue weighted by molar-refractivity contribution is -0.00546. The second-order valence-electron chi connectivity index (χ2n) is 5.79.